The Morgan fingerprint density at radius 3 is 2.27 bits per heavy atom. The van der Waals surface area contributed by atoms with Gasteiger partial charge in [0.05, 0.1) is 0 Å². The molecule has 0 radical (unpaired) electrons. The Labute approximate surface area is 70.0 Å². The van der Waals surface area contributed by atoms with Crippen LogP contribution < -0.4 is 0 Å². The van der Waals surface area contributed by atoms with Gasteiger partial charge in [-0.2, -0.15) is 0 Å². The fourth-order valence-electron chi connectivity index (χ4n) is 1.46. The monoisotopic (exact) mass is 150 g/mol. The van der Waals surface area contributed by atoms with E-state index in [0.29, 0.717) is 0 Å². The zero-order chi connectivity index (χ0) is 8.43. The molecular formula is C11H18. The van der Waals surface area contributed by atoms with E-state index in [9.17, 15) is 0 Å². The van der Waals surface area contributed by atoms with Gasteiger partial charge in [0.25, 0.3) is 0 Å². The van der Waals surface area contributed by atoms with Gasteiger partial charge in [-0.15, -0.1) is 0 Å². The molecule has 0 heterocycles. The van der Waals surface area contributed by atoms with Crippen LogP contribution in [-0.2, 0) is 0 Å². The van der Waals surface area contributed by atoms with Gasteiger partial charge in [-0.05, 0) is 32.6 Å². The molecule has 1 aliphatic rings. The molecule has 1 rings (SSSR count). The molecule has 0 spiro atoms. The highest BCUT2D eigenvalue weighted by Crippen LogP contribution is 2.27. The molecule has 0 aliphatic heterocycles. The maximum Gasteiger partial charge on any atom is -0.0257 e. The molecule has 0 saturated heterocycles. The molecule has 0 atom stereocenters. The highest BCUT2D eigenvalue weighted by atomic mass is 14.1. The predicted octanol–water partition coefficient (Wildman–Crippen LogP) is 3.70. The van der Waals surface area contributed by atoms with Gasteiger partial charge in [-0.3, -0.25) is 0 Å². The van der Waals surface area contributed by atoms with Gasteiger partial charge >= 0.3 is 0 Å². The number of hydrogen-bond acceptors (Lipinski definition) is 0. The maximum absolute atomic E-state index is 2.36. The van der Waals surface area contributed by atoms with Crippen molar-refractivity contribution in [3.63, 3.8) is 0 Å². The van der Waals surface area contributed by atoms with Gasteiger partial charge in [-0.1, -0.05) is 36.6 Å². The lowest BCUT2D eigenvalue weighted by Crippen LogP contribution is -2.00. The summed E-state index contributed by atoms with van der Waals surface area (Å²) < 4.78 is 0. The van der Waals surface area contributed by atoms with Crippen LogP contribution in [-0.4, -0.2) is 0 Å². The first-order valence-corrected chi connectivity index (χ1v) is 4.48. The van der Waals surface area contributed by atoms with E-state index in [1.54, 1.807) is 11.1 Å². The van der Waals surface area contributed by atoms with Crippen LogP contribution in [0.3, 0.4) is 0 Å². The Hall–Kier alpha value is -0.520. The first-order chi connectivity index (χ1) is 5.11. The smallest absolute Gasteiger partial charge is 0.0257 e. The number of hydrogen-bond donors (Lipinski definition) is 0. The first kappa shape index (κ1) is 8.58. The lowest BCUT2D eigenvalue weighted by Gasteiger charge is -2.18. The van der Waals surface area contributed by atoms with Crippen LogP contribution in [0.4, 0.5) is 0 Å². The molecule has 0 N–H and O–H groups in total. The average Bonchev–Trinajstić information content (AvgIpc) is 1.94. The van der Waals surface area contributed by atoms with Gasteiger partial charge in [0.15, 0.2) is 0 Å². The molecule has 1 aliphatic carbocycles. The highest BCUT2D eigenvalue weighted by molar-refractivity contribution is 5.31. The summed E-state index contributed by atoms with van der Waals surface area (Å²) in [6.45, 7) is 9.01. The minimum atomic E-state index is 0.734. The standard InChI is InChI=1S/C11H18/c1-8(2)11-6-5-9(3)10(4)7-11/h7-8H,5-6H2,1-4H3. The molecule has 0 heteroatoms. The Balaban J connectivity index is 2.81. The van der Waals surface area contributed by atoms with Crippen LogP contribution in [0.2, 0.25) is 0 Å². The molecule has 62 valence electrons. The maximum atomic E-state index is 2.36. The molecule has 0 aromatic heterocycles. The summed E-state index contributed by atoms with van der Waals surface area (Å²) in [5.74, 6) is 0.734. The van der Waals surface area contributed by atoms with Crippen molar-refractivity contribution < 1.29 is 0 Å². The summed E-state index contributed by atoms with van der Waals surface area (Å²) in [7, 11) is 0. The van der Waals surface area contributed by atoms with Crippen molar-refractivity contribution in [1.82, 2.24) is 0 Å². The van der Waals surface area contributed by atoms with E-state index >= 15 is 0 Å². The van der Waals surface area contributed by atoms with E-state index in [1.165, 1.54) is 18.4 Å². The van der Waals surface area contributed by atoms with E-state index < -0.39 is 0 Å². The molecule has 0 aromatic carbocycles. The minimum Gasteiger partial charge on any atom is -0.0701 e. The Kier molecular flexibility index (Phi) is 2.53. The normalized spacial score (nSPS) is 19.2. The van der Waals surface area contributed by atoms with Crippen molar-refractivity contribution >= 4 is 0 Å². The van der Waals surface area contributed by atoms with Crippen LogP contribution >= 0.6 is 0 Å². The molecule has 0 aromatic rings. The lowest BCUT2D eigenvalue weighted by atomic mass is 9.88. The van der Waals surface area contributed by atoms with E-state index in [2.05, 4.69) is 33.8 Å². The molecule has 11 heavy (non-hydrogen) atoms. The summed E-state index contributed by atoms with van der Waals surface area (Å²) in [6, 6.07) is 0. The van der Waals surface area contributed by atoms with Crippen molar-refractivity contribution in [3.05, 3.63) is 22.8 Å². The van der Waals surface area contributed by atoms with E-state index in [4.69, 9.17) is 0 Å². The van der Waals surface area contributed by atoms with E-state index in [0.717, 1.165) is 5.92 Å². The van der Waals surface area contributed by atoms with Crippen molar-refractivity contribution in [2.24, 2.45) is 5.92 Å². The zero-order valence-electron chi connectivity index (χ0n) is 8.07. The summed E-state index contributed by atoms with van der Waals surface area (Å²) in [5.41, 5.74) is 4.67. The van der Waals surface area contributed by atoms with Gasteiger partial charge in [0.1, 0.15) is 0 Å². The number of rotatable bonds is 1. The highest BCUT2D eigenvalue weighted by Gasteiger charge is 2.09. The summed E-state index contributed by atoms with van der Waals surface area (Å²) in [4.78, 5) is 0. The summed E-state index contributed by atoms with van der Waals surface area (Å²) >= 11 is 0. The van der Waals surface area contributed by atoms with Crippen molar-refractivity contribution in [2.45, 2.75) is 40.5 Å². The summed E-state index contributed by atoms with van der Waals surface area (Å²) in [5, 5.41) is 0. The van der Waals surface area contributed by atoms with E-state index in [1.807, 2.05) is 0 Å². The average molecular weight is 150 g/mol. The van der Waals surface area contributed by atoms with Crippen molar-refractivity contribution in [2.75, 3.05) is 0 Å². The molecule has 0 saturated carbocycles. The third-order valence-electron chi connectivity index (χ3n) is 2.61. The van der Waals surface area contributed by atoms with Gasteiger partial charge in [0, 0.05) is 0 Å². The quantitative estimate of drug-likeness (QED) is 0.534. The van der Waals surface area contributed by atoms with Crippen molar-refractivity contribution in [3.8, 4) is 0 Å². The largest absolute Gasteiger partial charge is 0.0701 e. The molecule has 0 unspecified atom stereocenters. The third kappa shape index (κ3) is 1.95. The minimum absolute atomic E-state index is 0.734. The summed E-state index contributed by atoms with van der Waals surface area (Å²) in [6.07, 6.45) is 4.92. The van der Waals surface area contributed by atoms with E-state index in [-0.39, 0.29) is 0 Å². The second-order valence-corrected chi connectivity index (χ2v) is 3.84. The molecule has 0 bridgehead atoms. The Bertz CT molecular complexity index is 204. The zero-order valence-corrected chi connectivity index (χ0v) is 8.07. The topological polar surface area (TPSA) is 0 Å². The molecule has 0 fully saturated rings. The third-order valence-corrected chi connectivity index (χ3v) is 2.61. The van der Waals surface area contributed by atoms with Crippen LogP contribution in [0.1, 0.15) is 40.5 Å². The second-order valence-electron chi connectivity index (χ2n) is 3.84. The number of allylic oxidation sites excluding steroid dienone is 4. The van der Waals surface area contributed by atoms with Crippen LogP contribution in [0.5, 0.6) is 0 Å². The molecular weight excluding hydrogens is 132 g/mol. The van der Waals surface area contributed by atoms with Gasteiger partial charge in [-0.25, -0.2) is 0 Å². The fourth-order valence-corrected chi connectivity index (χ4v) is 1.46. The SMILES string of the molecule is CC1=C(C)CCC(C(C)C)=C1. The second kappa shape index (κ2) is 3.25. The van der Waals surface area contributed by atoms with Crippen molar-refractivity contribution in [1.29, 1.82) is 0 Å². The molecule has 0 nitrogen and oxygen atoms in total. The van der Waals surface area contributed by atoms with Crippen LogP contribution in [0.25, 0.3) is 0 Å². The fraction of sp³-hybridized carbons (Fsp3) is 0.636. The van der Waals surface area contributed by atoms with Gasteiger partial charge in [0.2, 0.25) is 0 Å². The van der Waals surface area contributed by atoms with Crippen LogP contribution in [0.15, 0.2) is 22.8 Å². The predicted molar refractivity (Wildman–Crippen MR) is 50.5 cm³/mol. The van der Waals surface area contributed by atoms with Crippen LogP contribution in [0, 0.1) is 5.92 Å². The first-order valence-electron chi connectivity index (χ1n) is 4.48. The van der Waals surface area contributed by atoms with Gasteiger partial charge < -0.3 is 0 Å². The Morgan fingerprint density at radius 2 is 1.82 bits per heavy atom. The lowest BCUT2D eigenvalue weighted by molar-refractivity contribution is 0.695. The Morgan fingerprint density at radius 1 is 1.18 bits per heavy atom. The molecule has 0 amide bonds.